The van der Waals surface area contributed by atoms with Gasteiger partial charge in [0.25, 0.3) is 0 Å². The van der Waals surface area contributed by atoms with Crippen LogP contribution in [0.2, 0.25) is 15.1 Å². The molecule has 0 radical (unpaired) electrons. The van der Waals surface area contributed by atoms with Crippen LogP contribution >= 0.6 is 34.8 Å². The van der Waals surface area contributed by atoms with Gasteiger partial charge >= 0.3 is 0 Å². The SMILES string of the molecule is CC(=O)C1(N)CCN(c2cnc3c(-c4ccnc(N)c4Cl)[nH]nc3n2)CC1.C[C@@H]1C[C@@H](N)C2(CCN(c3cnc4c(-c5ccnc(N)c5Cl)[nH]nc4n3)CC2)C1.Cc1cnc(N)cc1-c1[nH]nc2nc(N3CCC4(CCC[C@H]4N)CC3)cnc12.Cc1n[nH]c(C)c1-c1[nH]nc2nc(N3CCC4(CCC[C@H]4C)CC3)cnc12.Cc1nccc(C2=NCc3nc(N4CCC(C)(C(C)N)CC4)cnc32)c1Cl. The number of carbonyl (C=O) groups excluding carboxylic acids is 1. The van der Waals surface area contributed by atoms with Crippen LogP contribution in [0.4, 0.5) is 46.5 Å². The highest BCUT2D eigenvalue weighted by molar-refractivity contribution is 6.37. The highest BCUT2D eigenvalue weighted by Crippen LogP contribution is 2.53. The van der Waals surface area contributed by atoms with Crippen LogP contribution in [0.15, 0.2) is 85.0 Å². The average Bonchev–Trinajstić information content (AvgIpc) is 1.61. The van der Waals surface area contributed by atoms with Crippen LogP contribution in [0.25, 0.3) is 89.7 Å². The number of nitrogen functional groups attached to an aromatic ring is 3. The van der Waals surface area contributed by atoms with Gasteiger partial charge in [0, 0.05) is 142 Å². The van der Waals surface area contributed by atoms with Crippen molar-refractivity contribution >= 4 is 137 Å². The maximum absolute atomic E-state index is 11.7. The van der Waals surface area contributed by atoms with E-state index in [0.717, 1.165) is 211 Å². The smallest absolute Gasteiger partial charge is 0.202 e. The minimum absolute atomic E-state index is 0.0223. The first-order valence-corrected chi connectivity index (χ1v) is 49.2. The number of nitrogens with two attached hydrogens (primary N) is 7. The maximum Gasteiger partial charge on any atom is 0.202 e. The molecule has 19 N–H and O–H groups in total. The van der Waals surface area contributed by atoms with Crippen LogP contribution in [0.3, 0.4) is 0 Å². The van der Waals surface area contributed by atoms with E-state index in [2.05, 4.69) is 148 Å². The molecular formula is C97H122Cl3N37O. The van der Waals surface area contributed by atoms with Gasteiger partial charge in [-0.3, -0.25) is 40.3 Å². The molecule has 14 aromatic heterocycles. The highest BCUT2D eigenvalue weighted by atomic mass is 35.5. The van der Waals surface area contributed by atoms with Gasteiger partial charge in [0.1, 0.15) is 80.1 Å². The van der Waals surface area contributed by atoms with Gasteiger partial charge in [-0.25, -0.2) is 64.8 Å². The van der Waals surface area contributed by atoms with Crippen molar-refractivity contribution in [1.29, 1.82) is 0 Å². The Kier molecular flexibility index (Phi) is 26.3. The number of nitrogens with zero attached hydrogens (tertiary/aromatic N) is 25. The number of aryl methyl sites for hydroxylation is 4. The minimum atomic E-state index is -0.744. The molecule has 0 amide bonds. The summed E-state index contributed by atoms with van der Waals surface area (Å²) >= 11 is 19.0. The molecule has 5 saturated heterocycles. The summed E-state index contributed by atoms with van der Waals surface area (Å²) in [5.41, 5.74) is 62.2. The van der Waals surface area contributed by atoms with Gasteiger partial charge in [-0.1, -0.05) is 74.8 Å². The number of pyridine rings is 4. The lowest BCUT2D eigenvalue weighted by molar-refractivity contribution is -0.122. The van der Waals surface area contributed by atoms with Gasteiger partial charge < -0.3 is 64.6 Å². The summed E-state index contributed by atoms with van der Waals surface area (Å²) in [6.45, 7) is 28.3. The van der Waals surface area contributed by atoms with Gasteiger partial charge in [-0.05, 0) is 201 Å². The van der Waals surface area contributed by atoms with E-state index < -0.39 is 5.54 Å². The predicted octanol–water partition coefficient (Wildman–Crippen LogP) is 13.8. The van der Waals surface area contributed by atoms with Gasteiger partial charge in [-0.15, -0.1) is 0 Å². The van der Waals surface area contributed by atoms with E-state index in [1.165, 1.54) is 57.8 Å². The summed E-state index contributed by atoms with van der Waals surface area (Å²) in [6, 6.07) is 8.14. The summed E-state index contributed by atoms with van der Waals surface area (Å²) < 4.78 is 0. The summed E-state index contributed by atoms with van der Waals surface area (Å²) in [4.78, 5) is 91.1. The third-order valence-electron chi connectivity index (χ3n) is 31.7. The number of halogens is 3. The first kappa shape index (κ1) is 94.5. The summed E-state index contributed by atoms with van der Waals surface area (Å²) in [5, 5.41) is 38.2. The predicted molar refractivity (Wildman–Crippen MR) is 542 cm³/mol. The number of Topliss-reactive ketones (excluding diaryl/α,β-unsaturated/α-hetero) is 1. The maximum atomic E-state index is 11.7. The number of aromatic nitrogens is 24. The largest absolute Gasteiger partial charge is 0.384 e. The number of fused-ring (bicyclic) bond motifs is 5. The van der Waals surface area contributed by atoms with Gasteiger partial charge in [-0.2, -0.15) is 25.5 Å². The van der Waals surface area contributed by atoms with Crippen LogP contribution < -0.4 is 64.6 Å². The first-order valence-electron chi connectivity index (χ1n) is 48.1. The number of hydrogen-bond donors (Lipinski definition) is 12. The van der Waals surface area contributed by atoms with Crippen molar-refractivity contribution < 1.29 is 4.79 Å². The molecule has 6 aliphatic heterocycles. The number of carbonyl (C=O) groups is 1. The molecule has 14 aromatic rings. The third kappa shape index (κ3) is 18.3. The number of anilines is 8. The van der Waals surface area contributed by atoms with E-state index in [1.54, 1.807) is 50.0 Å². The zero-order valence-corrected chi connectivity index (χ0v) is 81.9. The van der Waals surface area contributed by atoms with E-state index in [-0.39, 0.29) is 28.9 Å². The molecule has 5 atom stereocenters. The topological polar surface area (TPSA) is 552 Å². The standard InChI is InChI=1S/C20H25ClN8.C20H25ClN6.C20H26N8.C20H27N7.C17H19ClN8O/c1-11-8-13(22)20(9-11)3-6-29(7-4-20)14-10-25-17-16(27-28-19(17)26-14)12-2-5-24-18(23)15(12)21;1-12-17(21)14(4-7-23-12)18-19-15(10-24-18)26-16(11-25-19)27-8-5-20(3,6-9-27)13(2)22;1-12-10-23-15(22)9-13(12)17-18-19(27-26-17)25-16(11-24-18)28-7-5-20(6-8-28)4-2-3-14(20)21;1-12-5-4-6-20(12)7-9-27(10-8-20)15-11-21-18-17(25-26-19(18)22-15)16-13(2)23-24-14(16)3;1-9(27)17(20)3-6-26(7-4-17)11-8-22-14-13(24-25-16(14)23-11)10-2-5-21-15(19)12(10)18/h2,5,10-11,13H,3-4,6-9,22H2,1H3,(H2,23,24)(H,26,27,28);4,7,11,13H,5-6,8-10,22H2,1-3H3;9-11,14H,2-8,21H2,1H3,(H2,22,23)(H,25,26,27);11-12H,4-10H2,1-3H3,(H,23,24)(H,22,25,26);2,5,8H,3-4,6-7,20H2,1H3,(H2,19,21)(H,23,24,25)/t11-,13-;;14-;12-;/m1.11./s1. The number of H-pyrrole nitrogens is 5. The number of aromatic amines is 5. The molecule has 138 heavy (non-hydrogen) atoms. The molecule has 20 heterocycles. The van der Waals surface area contributed by atoms with Crippen molar-refractivity contribution in [1.82, 2.24) is 121 Å². The Labute approximate surface area is 814 Å². The second-order valence-electron chi connectivity index (χ2n) is 39.9. The zero-order chi connectivity index (χ0) is 96.4. The van der Waals surface area contributed by atoms with Crippen LogP contribution in [0.5, 0.6) is 0 Å². The minimum Gasteiger partial charge on any atom is -0.384 e. The molecule has 3 saturated carbocycles. The highest BCUT2D eigenvalue weighted by Gasteiger charge is 2.48. The molecule has 0 bridgehead atoms. The number of hydrogen-bond acceptors (Lipinski definition) is 33. The molecular weight excluding hydrogens is 1810 g/mol. The Morgan fingerprint density at radius 2 is 0.906 bits per heavy atom. The Morgan fingerprint density at radius 3 is 1.36 bits per heavy atom. The fourth-order valence-corrected chi connectivity index (χ4v) is 23.0. The van der Waals surface area contributed by atoms with Crippen LogP contribution in [0, 0.1) is 61.2 Å². The van der Waals surface area contributed by atoms with Gasteiger partial charge in [0.05, 0.1) is 104 Å². The molecule has 41 heteroatoms. The number of ketones is 1. The molecule has 3 spiro atoms. The van der Waals surface area contributed by atoms with Crippen molar-refractivity contribution in [2.45, 2.75) is 208 Å². The Bertz CT molecular complexity index is 6840. The molecule has 9 aliphatic rings. The zero-order valence-electron chi connectivity index (χ0n) is 79.7. The first-order chi connectivity index (χ1) is 66.4. The second kappa shape index (κ2) is 38.4. The van der Waals surface area contributed by atoms with Crippen molar-refractivity contribution in [2.75, 3.05) is 107 Å². The lowest BCUT2D eigenvalue weighted by Gasteiger charge is -2.42. The van der Waals surface area contributed by atoms with Crippen molar-refractivity contribution in [2.24, 2.45) is 61.4 Å². The third-order valence-corrected chi connectivity index (χ3v) is 33.0. The number of aliphatic imine (C=N–C) groups is 1. The normalized spacial score (nSPS) is 20.8. The van der Waals surface area contributed by atoms with Crippen LogP contribution in [-0.4, -0.2) is 221 Å². The second-order valence-corrected chi connectivity index (χ2v) is 41.0. The Morgan fingerprint density at radius 1 is 0.471 bits per heavy atom. The Hall–Kier alpha value is -12.5. The van der Waals surface area contributed by atoms with Crippen molar-refractivity contribution in [3.63, 3.8) is 0 Å². The van der Waals surface area contributed by atoms with Crippen LogP contribution in [-0.2, 0) is 11.3 Å². The molecule has 3 aliphatic carbocycles. The Balaban J connectivity index is 0.000000110. The van der Waals surface area contributed by atoms with Gasteiger partial charge in [0.15, 0.2) is 0 Å². The fourth-order valence-electron chi connectivity index (χ4n) is 22.3. The molecule has 8 fully saturated rings. The van der Waals surface area contributed by atoms with E-state index in [9.17, 15) is 4.79 Å². The van der Waals surface area contributed by atoms with Gasteiger partial charge in [0.2, 0.25) is 22.6 Å². The monoisotopic (exact) mass is 1930 g/mol. The van der Waals surface area contributed by atoms with Crippen molar-refractivity contribution in [3.8, 4) is 45.0 Å². The fraction of sp³-hybridized carbons (Fsp3) is 0.495. The molecule has 23 rings (SSSR count). The summed E-state index contributed by atoms with van der Waals surface area (Å²) in [6.07, 6.45) is 36.4. The number of rotatable bonds is 12. The molecule has 722 valence electrons. The van der Waals surface area contributed by atoms with E-state index in [0.29, 0.717) is 144 Å². The number of piperidine rings is 5. The molecule has 1 unspecified atom stereocenters. The quantitative estimate of drug-likeness (QED) is 0.0540. The molecule has 0 aromatic carbocycles. The summed E-state index contributed by atoms with van der Waals surface area (Å²) in [7, 11) is 0. The van der Waals surface area contributed by atoms with E-state index in [4.69, 9.17) is 105 Å². The lowest BCUT2D eigenvalue weighted by Crippen LogP contribution is -2.55. The van der Waals surface area contributed by atoms with Crippen LogP contribution in [0.1, 0.15) is 190 Å². The lowest BCUT2D eigenvalue weighted by atomic mass is 9.71. The molecule has 38 nitrogen and oxygen atoms in total. The van der Waals surface area contributed by atoms with E-state index >= 15 is 0 Å². The number of nitrogens with one attached hydrogen (secondary N) is 5. The van der Waals surface area contributed by atoms with Crippen molar-refractivity contribution in [3.05, 3.63) is 135 Å². The average molecular weight is 1930 g/mol. The summed E-state index contributed by atoms with van der Waals surface area (Å²) in [5.74, 6) is 6.91. The van der Waals surface area contributed by atoms with E-state index in [1.807, 2.05) is 64.6 Å².